The van der Waals surface area contributed by atoms with E-state index in [1.165, 1.54) is 12.8 Å². The smallest absolute Gasteiger partial charge is 0.263 e. The number of nitrogens with one attached hydrogen (secondary N) is 1. The standard InChI is InChI=1S/C19H21Cl2N3O2/c1-13-6-8-24(9-7-13)15-3-5-18(22-11-15)23-19(25)12-26-17-4-2-14(20)10-16(17)21/h2-5,10-11,13H,6-9,12H2,1H3,(H,22,23,25). The Kier molecular flexibility index (Phi) is 6.22. The van der Waals surface area contributed by atoms with Crippen molar-refractivity contribution in [3.8, 4) is 5.75 Å². The fraction of sp³-hybridized carbons (Fsp3) is 0.368. The Labute approximate surface area is 163 Å². The number of benzene rings is 1. The number of pyridine rings is 1. The van der Waals surface area contributed by atoms with Gasteiger partial charge in [-0.3, -0.25) is 4.79 Å². The second kappa shape index (κ2) is 8.60. The summed E-state index contributed by atoms with van der Waals surface area (Å²) >= 11 is 11.8. The summed E-state index contributed by atoms with van der Waals surface area (Å²) in [6.45, 7) is 4.22. The topological polar surface area (TPSA) is 54.5 Å². The van der Waals surface area contributed by atoms with Crippen LogP contribution in [0.15, 0.2) is 36.5 Å². The van der Waals surface area contributed by atoms with E-state index in [0.717, 1.165) is 24.7 Å². The molecule has 2 heterocycles. The van der Waals surface area contributed by atoms with Gasteiger partial charge in [0.05, 0.1) is 16.9 Å². The van der Waals surface area contributed by atoms with Crippen molar-refractivity contribution >= 4 is 40.6 Å². The van der Waals surface area contributed by atoms with Gasteiger partial charge in [-0.2, -0.15) is 0 Å². The molecule has 0 spiro atoms. The molecule has 1 aromatic heterocycles. The number of hydrogen-bond donors (Lipinski definition) is 1. The predicted octanol–water partition coefficient (Wildman–Crippen LogP) is 4.64. The van der Waals surface area contributed by atoms with Crippen molar-refractivity contribution in [3.63, 3.8) is 0 Å². The van der Waals surface area contributed by atoms with Crippen LogP contribution >= 0.6 is 23.2 Å². The summed E-state index contributed by atoms with van der Waals surface area (Å²) in [6.07, 6.45) is 4.19. The zero-order chi connectivity index (χ0) is 18.5. The third-order valence-electron chi connectivity index (χ3n) is 4.42. The molecule has 1 N–H and O–H groups in total. The number of aromatic nitrogens is 1. The van der Waals surface area contributed by atoms with Gasteiger partial charge in [-0.25, -0.2) is 4.98 Å². The first kappa shape index (κ1) is 18.8. The number of anilines is 2. The van der Waals surface area contributed by atoms with Crippen molar-refractivity contribution < 1.29 is 9.53 Å². The molecule has 1 amide bonds. The van der Waals surface area contributed by atoms with E-state index in [2.05, 4.69) is 22.1 Å². The molecule has 0 saturated carbocycles. The molecule has 138 valence electrons. The Morgan fingerprint density at radius 3 is 2.69 bits per heavy atom. The van der Waals surface area contributed by atoms with Crippen molar-refractivity contribution in [2.45, 2.75) is 19.8 Å². The zero-order valence-corrected chi connectivity index (χ0v) is 16.1. The number of amides is 1. The van der Waals surface area contributed by atoms with Crippen LogP contribution in [0.5, 0.6) is 5.75 Å². The van der Waals surface area contributed by atoms with Crippen molar-refractivity contribution in [1.82, 2.24) is 4.98 Å². The molecule has 0 radical (unpaired) electrons. The van der Waals surface area contributed by atoms with Crippen LogP contribution in [-0.2, 0) is 4.79 Å². The van der Waals surface area contributed by atoms with Gasteiger partial charge in [-0.15, -0.1) is 0 Å². The van der Waals surface area contributed by atoms with E-state index in [1.54, 1.807) is 30.5 Å². The maximum absolute atomic E-state index is 12.0. The molecule has 7 heteroatoms. The highest BCUT2D eigenvalue weighted by atomic mass is 35.5. The lowest BCUT2D eigenvalue weighted by molar-refractivity contribution is -0.118. The van der Waals surface area contributed by atoms with Gasteiger partial charge in [0.1, 0.15) is 11.6 Å². The van der Waals surface area contributed by atoms with Crippen LogP contribution in [0.3, 0.4) is 0 Å². The number of carbonyl (C=O) groups is 1. The number of carbonyl (C=O) groups excluding carboxylic acids is 1. The van der Waals surface area contributed by atoms with E-state index in [9.17, 15) is 4.79 Å². The van der Waals surface area contributed by atoms with E-state index in [-0.39, 0.29) is 12.5 Å². The highest BCUT2D eigenvalue weighted by molar-refractivity contribution is 6.35. The van der Waals surface area contributed by atoms with Crippen molar-refractivity contribution in [3.05, 3.63) is 46.6 Å². The van der Waals surface area contributed by atoms with Gasteiger partial charge >= 0.3 is 0 Å². The summed E-state index contributed by atoms with van der Waals surface area (Å²) in [7, 11) is 0. The average molecular weight is 394 g/mol. The molecule has 26 heavy (non-hydrogen) atoms. The molecule has 0 bridgehead atoms. The third-order valence-corrected chi connectivity index (χ3v) is 4.95. The number of ether oxygens (including phenoxy) is 1. The first-order valence-corrected chi connectivity index (χ1v) is 9.35. The predicted molar refractivity (Wildman–Crippen MR) is 105 cm³/mol. The van der Waals surface area contributed by atoms with Crippen LogP contribution in [0.4, 0.5) is 11.5 Å². The van der Waals surface area contributed by atoms with E-state index >= 15 is 0 Å². The molecule has 0 aliphatic carbocycles. The van der Waals surface area contributed by atoms with Crippen LogP contribution in [0.1, 0.15) is 19.8 Å². The fourth-order valence-electron chi connectivity index (χ4n) is 2.83. The summed E-state index contributed by atoms with van der Waals surface area (Å²) < 4.78 is 5.42. The Morgan fingerprint density at radius 1 is 1.27 bits per heavy atom. The molecule has 1 fully saturated rings. The van der Waals surface area contributed by atoms with Crippen molar-refractivity contribution in [2.24, 2.45) is 5.92 Å². The number of hydrogen-bond acceptors (Lipinski definition) is 4. The summed E-state index contributed by atoms with van der Waals surface area (Å²) in [4.78, 5) is 18.7. The van der Waals surface area contributed by atoms with Gasteiger partial charge in [0.15, 0.2) is 6.61 Å². The Morgan fingerprint density at radius 2 is 2.04 bits per heavy atom. The number of piperidine rings is 1. The van der Waals surface area contributed by atoms with Crippen molar-refractivity contribution in [1.29, 1.82) is 0 Å². The molecule has 3 rings (SSSR count). The summed E-state index contributed by atoms with van der Waals surface area (Å²) in [5.41, 5.74) is 1.08. The molecule has 1 aliphatic rings. The second-order valence-corrected chi connectivity index (χ2v) is 7.33. The SMILES string of the molecule is CC1CCN(c2ccc(NC(=O)COc3ccc(Cl)cc3Cl)nc2)CC1. The lowest BCUT2D eigenvalue weighted by Gasteiger charge is -2.31. The van der Waals surface area contributed by atoms with E-state index < -0.39 is 0 Å². The lowest BCUT2D eigenvalue weighted by atomic mass is 9.99. The summed E-state index contributed by atoms with van der Waals surface area (Å²) in [6, 6.07) is 8.64. The quantitative estimate of drug-likeness (QED) is 0.803. The molecular weight excluding hydrogens is 373 g/mol. The first-order valence-electron chi connectivity index (χ1n) is 8.60. The van der Waals surface area contributed by atoms with Gasteiger partial charge in [0.25, 0.3) is 5.91 Å². The normalized spacial score (nSPS) is 15.0. The molecular formula is C19H21Cl2N3O2. The van der Waals surface area contributed by atoms with Gasteiger partial charge in [-0.1, -0.05) is 30.1 Å². The number of rotatable bonds is 5. The van der Waals surface area contributed by atoms with Gasteiger partial charge in [0, 0.05) is 18.1 Å². The molecule has 0 atom stereocenters. The first-order chi connectivity index (χ1) is 12.5. The van der Waals surface area contributed by atoms with E-state index in [0.29, 0.717) is 21.6 Å². The minimum absolute atomic E-state index is 0.158. The largest absolute Gasteiger partial charge is 0.482 e. The third kappa shape index (κ3) is 5.02. The second-order valence-electron chi connectivity index (χ2n) is 6.48. The number of nitrogens with zero attached hydrogens (tertiary/aromatic N) is 2. The van der Waals surface area contributed by atoms with E-state index in [1.807, 2.05) is 6.07 Å². The average Bonchev–Trinajstić information content (AvgIpc) is 2.62. The van der Waals surface area contributed by atoms with Gasteiger partial charge in [0.2, 0.25) is 0 Å². The molecule has 0 unspecified atom stereocenters. The monoisotopic (exact) mass is 393 g/mol. The zero-order valence-electron chi connectivity index (χ0n) is 14.5. The van der Waals surface area contributed by atoms with Crippen LogP contribution in [0, 0.1) is 5.92 Å². The van der Waals surface area contributed by atoms with E-state index in [4.69, 9.17) is 27.9 Å². The maximum Gasteiger partial charge on any atom is 0.263 e. The molecule has 1 saturated heterocycles. The Bertz CT molecular complexity index is 760. The Balaban J connectivity index is 1.51. The lowest BCUT2D eigenvalue weighted by Crippen LogP contribution is -2.32. The fourth-order valence-corrected chi connectivity index (χ4v) is 3.29. The highest BCUT2D eigenvalue weighted by Crippen LogP contribution is 2.27. The maximum atomic E-state index is 12.0. The summed E-state index contributed by atoms with van der Waals surface area (Å²) in [5.74, 6) is 1.39. The summed E-state index contributed by atoms with van der Waals surface area (Å²) in [5, 5.41) is 3.60. The van der Waals surface area contributed by atoms with Gasteiger partial charge in [-0.05, 0) is 49.1 Å². The van der Waals surface area contributed by atoms with Crippen LogP contribution < -0.4 is 15.0 Å². The molecule has 1 aromatic carbocycles. The Hall–Kier alpha value is -1.98. The van der Waals surface area contributed by atoms with Crippen molar-refractivity contribution in [2.75, 3.05) is 29.9 Å². The van der Waals surface area contributed by atoms with Crippen LogP contribution in [0.2, 0.25) is 10.0 Å². The molecule has 1 aliphatic heterocycles. The van der Waals surface area contributed by atoms with Gasteiger partial charge < -0.3 is 15.0 Å². The highest BCUT2D eigenvalue weighted by Gasteiger charge is 2.16. The molecule has 2 aromatic rings. The minimum atomic E-state index is -0.303. The molecule has 5 nitrogen and oxygen atoms in total. The minimum Gasteiger partial charge on any atom is -0.482 e. The van der Waals surface area contributed by atoms with Crippen LogP contribution in [-0.4, -0.2) is 30.6 Å². The van der Waals surface area contributed by atoms with Crippen LogP contribution in [0.25, 0.3) is 0 Å². The number of halogens is 2.